The van der Waals surface area contributed by atoms with E-state index in [1.165, 1.54) is 0 Å². The predicted octanol–water partition coefficient (Wildman–Crippen LogP) is 3.67. The maximum absolute atomic E-state index is 11.6. The minimum absolute atomic E-state index is 0.255. The normalized spacial score (nSPS) is 10.5. The van der Waals surface area contributed by atoms with Crippen LogP contribution < -0.4 is 10.6 Å². The molecule has 9 heteroatoms. The highest BCUT2D eigenvalue weighted by atomic mass is 16.6. The molecule has 0 unspecified atom stereocenters. The number of nitrogens with one attached hydrogen (secondary N) is 2. The molecule has 0 spiro atoms. The molecule has 35 heavy (non-hydrogen) atoms. The summed E-state index contributed by atoms with van der Waals surface area (Å²) in [5, 5.41) is 5.39. The number of carbonyl (C=O) groups is 2. The summed E-state index contributed by atoms with van der Waals surface area (Å²) < 4.78 is 26.6. The summed E-state index contributed by atoms with van der Waals surface area (Å²) in [5.41, 5.74) is 1.90. The minimum atomic E-state index is -0.434. The van der Waals surface area contributed by atoms with Crippen LogP contribution in [-0.2, 0) is 36.9 Å². The van der Waals surface area contributed by atoms with Crippen molar-refractivity contribution in [3.05, 3.63) is 71.8 Å². The highest BCUT2D eigenvalue weighted by Crippen LogP contribution is 2.01. The van der Waals surface area contributed by atoms with Gasteiger partial charge in [0, 0.05) is 26.3 Å². The van der Waals surface area contributed by atoms with E-state index >= 15 is 0 Å². The van der Waals surface area contributed by atoms with E-state index in [-0.39, 0.29) is 13.2 Å². The standard InChI is InChI=1S/C26H36N2O7/c29-25(34-21-23-9-3-1-4-10-23)27-13-7-15-31-17-19-33-20-18-32-16-8-14-28-26(30)35-22-24-11-5-2-6-12-24/h1-6,9-12H,7-8,13-22H2,(H,27,29)(H,28,30). The first kappa shape index (κ1) is 28.1. The van der Waals surface area contributed by atoms with E-state index in [0.29, 0.717) is 65.6 Å². The third-order valence-electron chi connectivity index (χ3n) is 4.64. The Bertz CT molecular complexity index is 738. The molecule has 0 radical (unpaired) electrons. The van der Waals surface area contributed by atoms with Crippen molar-refractivity contribution < 1.29 is 33.3 Å². The Morgan fingerprint density at radius 2 is 0.914 bits per heavy atom. The molecule has 0 aliphatic carbocycles. The molecule has 0 heterocycles. The number of alkyl carbamates (subject to hydrolysis) is 2. The van der Waals surface area contributed by atoms with E-state index in [9.17, 15) is 9.59 Å². The fourth-order valence-electron chi connectivity index (χ4n) is 2.82. The van der Waals surface area contributed by atoms with Gasteiger partial charge >= 0.3 is 12.2 Å². The molecule has 2 aromatic carbocycles. The number of rotatable bonds is 18. The van der Waals surface area contributed by atoms with Crippen LogP contribution in [0.15, 0.2) is 60.7 Å². The van der Waals surface area contributed by atoms with E-state index < -0.39 is 12.2 Å². The van der Waals surface area contributed by atoms with Crippen molar-refractivity contribution in [2.24, 2.45) is 0 Å². The Hall–Kier alpha value is -3.14. The van der Waals surface area contributed by atoms with E-state index in [1.54, 1.807) is 0 Å². The second-order valence-corrected chi connectivity index (χ2v) is 7.52. The van der Waals surface area contributed by atoms with Gasteiger partial charge in [-0.25, -0.2) is 9.59 Å². The molecule has 0 fully saturated rings. The molecule has 2 rings (SSSR count). The Kier molecular flexibility index (Phi) is 15.4. The third kappa shape index (κ3) is 15.4. The lowest BCUT2D eigenvalue weighted by Crippen LogP contribution is -2.26. The Balaban J connectivity index is 1.26. The highest BCUT2D eigenvalue weighted by Gasteiger charge is 2.03. The van der Waals surface area contributed by atoms with Gasteiger partial charge in [-0.2, -0.15) is 0 Å². The Morgan fingerprint density at radius 3 is 1.31 bits per heavy atom. The van der Waals surface area contributed by atoms with Gasteiger partial charge in [0.05, 0.1) is 26.4 Å². The predicted molar refractivity (Wildman–Crippen MR) is 131 cm³/mol. The van der Waals surface area contributed by atoms with Crippen molar-refractivity contribution in [2.45, 2.75) is 26.1 Å². The van der Waals surface area contributed by atoms with Gasteiger partial charge in [-0.05, 0) is 24.0 Å². The monoisotopic (exact) mass is 488 g/mol. The molecule has 192 valence electrons. The smallest absolute Gasteiger partial charge is 0.407 e. The molecule has 0 saturated heterocycles. The van der Waals surface area contributed by atoms with Crippen LogP contribution in [0.2, 0.25) is 0 Å². The van der Waals surface area contributed by atoms with Crippen LogP contribution >= 0.6 is 0 Å². The van der Waals surface area contributed by atoms with Crippen molar-refractivity contribution in [2.75, 3.05) is 52.7 Å². The molecular weight excluding hydrogens is 452 g/mol. The molecule has 0 aromatic heterocycles. The summed E-state index contributed by atoms with van der Waals surface area (Å²) >= 11 is 0. The van der Waals surface area contributed by atoms with Crippen molar-refractivity contribution in [3.63, 3.8) is 0 Å². The van der Waals surface area contributed by atoms with Gasteiger partial charge < -0.3 is 34.3 Å². The topological polar surface area (TPSA) is 104 Å². The zero-order valence-corrected chi connectivity index (χ0v) is 20.1. The summed E-state index contributed by atoms with van der Waals surface area (Å²) in [6.45, 7) is 4.45. The number of hydrogen-bond acceptors (Lipinski definition) is 7. The maximum Gasteiger partial charge on any atom is 0.407 e. The average Bonchev–Trinajstić information content (AvgIpc) is 2.89. The number of ether oxygens (including phenoxy) is 5. The third-order valence-corrected chi connectivity index (χ3v) is 4.64. The Morgan fingerprint density at radius 1 is 0.543 bits per heavy atom. The van der Waals surface area contributed by atoms with E-state index in [0.717, 1.165) is 11.1 Å². The van der Waals surface area contributed by atoms with Crippen LogP contribution in [0, 0.1) is 0 Å². The molecule has 9 nitrogen and oxygen atoms in total. The lowest BCUT2D eigenvalue weighted by molar-refractivity contribution is 0.0138. The Labute approximate surface area is 207 Å². The number of amides is 2. The largest absolute Gasteiger partial charge is 0.445 e. The summed E-state index contributed by atoms with van der Waals surface area (Å²) in [5.74, 6) is 0. The average molecular weight is 489 g/mol. The van der Waals surface area contributed by atoms with Crippen molar-refractivity contribution in [3.8, 4) is 0 Å². The van der Waals surface area contributed by atoms with Crippen LogP contribution in [0.5, 0.6) is 0 Å². The van der Waals surface area contributed by atoms with Gasteiger partial charge in [0.2, 0.25) is 0 Å². The van der Waals surface area contributed by atoms with Crippen molar-refractivity contribution >= 4 is 12.2 Å². The molecule has 0 bridgehead atoms. The SMILES string of the molecule is O=C(NCCCOCCOCCOCCCNC(=O)OCc1ccccc1)OCc1ccccc1. The molecule has 2 N–H and O–H groups in total. The van der Waals surface area contributed by atoms with Crippen LogP contribution in [0.25, 0.3) is 0 Å². The van der Waals surface area contributed by atoms with Gasteiger partial charge in [0.15, 0.2) is 0 Å². The van der Waals surface area contributed by atoms with E-state index in [1.807, 2.05) is 60.7 Å². The van der Waals surface area contributed by atoms with Gasteiger partial charge in [0.1, 0.15) is 13.2 Å². The van der Waals surface area contributed by atoms with Crippen molar-refractivity contribution in [1.29, 1.82) is 0 Å². The fraction of sp³-hybridized carbons (Fsp3) is 0.462. The van der Waals surface area contributed by atoms with Crippen LogP contribution in [0.1, 0.15) is 24.0 Å². The molecule has 2 amide bonds. The summed E-state index contributed by atoms with van der Waals surface area (Å²) in [6, 6.07) is 19.1. The maximum atomic E-state index is 11.6. The molecule has 0 atom stereocenters. The van der Waals surface area contributed by atoms with E-state index in [2.05, 4.69) is 10.6 Å². The van der Waals surface area contributed by atoms with Crippen LogP contribution in [0.3, 0.4) is 0 Å². The lowest BCUT2D eigenvalue weighted by atomic mass is 10.2. The first-order valence-electron chi connectivity index (χ1n) is 11.9. The quantitative estimate of drug-likeness (QED) is 0.309. The number of hydrogen-bond donors (Lipinski definition) is 2. The summed E-state index contributed by atoms with van der Waals surface area (Å²) in [6.07, 6.45) is 0.515. The number of benzene rings is 2. The van der Waals surface area contributed by atoms with Gasteiger partial charge in [-0.3, -0.25) is 0 Å². The number of carbonyl (C=O) groups excluding carboxylic acids is 2. The van der Waals surface area contributed by atoms with Crippen LogP contribution in [0.4, 0.5) is 9.59 Å². The fourth-order valence-corrected chi connectivity index (χ4v) is 2.82. The van der Waals surface area contributed by atoms with Gasteiger partial charge in [-0.15, -0.1) is 0 Å². The zero-order chi connectivity index (χ0) is 24.8. The van der Waals surface area contributed by atoms with Crippen molar-refractivity contribution in [1.82, 2.24) is 10.6 Å². The first-order chi connectivity index (χ1) is 17.2. The lowest BCUT2D eigenvalue weighted by Gasteiger charge is -2.09. The van der Waals surface area contributed by atoms with Crippen LogP contribution in [-0.4, -0.2) is 64.9 Å². The first-order valence-corrected chi connectivity index (χ1v) is 11.9. The molecule has 0 aliphatic rings. The van der Waals surface area contributed by atoms with E-state index in [4.69, 9.17) is 23.7 Å². The molecule has 0 aliphatic heterocycles. The summed E-state index contributed by atoms with van der Waals surface area (Å²) in [4.78, 5) is 23.2. The highest BCUT2D eigenvalue weighted by molar-refractivity contribution is 5.67. The molecular formula is C26H36N2O7. The summed E-state index contributed by atoms with van der Waals surface area (Å²) in [7, 11) is 0. The molecule has 0 saturated carbocycles. The van der Waals surface area contributed by atoms with Gasteiger partial charge in [-0.1, -0.05) is 60.7 Å². The molecule has 2 aromatic rings. The zero-order valence-electron chi connectivity index (χ0n) is 20.1. The second-order valence-electron chi connectivity index (χ2n) is 7.52. The van der Waals surface area contributed by atoms with Gasteiger partial charge in [0.25, 0.3) is 0 Å². The second kappa shape index (κ2) is 19.2. The minimum Gasteiger partial charge on any atom is -0.445 e.